The van der Waals surface area contributed by atoms with E-state index in [0.29, 0.717) is 13.0 Å². The van der Waals surface area contributed by atoms with Gasteiger partial charge < -0.3 is 5.73 Å². The van der Waals surface area contributed by atoms with Gasteiger partial charge in [0.05, 0.1) is 0 Å². The highest BCUT2D eigenvalue weighted by molar-refractivity contribution is 7.10. The Morgan fingerprint density at radius 2 is 2.17 bits per heavy atom. The van der Waals surface area contributed by atoms with Gasteiger partial charge in [0.15, 0.2) is 0 Å². The van der Waals surface area contributed by atoms with Crippen LogP contribution in [0, 0.1) is 0 Å². The van der Waals surface area contributed by atoms with Crippen LogP contribution in [0.1, 0.15) is 30.3 Å². The molecule has 102 valence electrons. The molecule has 1 aliphatic rings. The fourth-order valence-corrected chi connectivity index (χ4v) is 3.66. The van der Waals surface area contributed by atoms with Crippen molar-refractivity contribution in [3.63, 3.8) is 0 Å². The highest BCUT2D eigenvalue weighted by atomic mass is 32.1. The van der Waals surface area contributed by atoms with Crippen molar-refractivity contribution in [3.05, 3.63) is 21.9 Å². The van der Waals surface area contributed by atoms with Gasteiger partial charge in [-0.1, -0.05) is 0 Å². The van der Waals surface area contributed by atoms with Gasteiger partial charge in [-0.2, -0.15) is 13.2 Å². The maximum absolute atomic E-state index is 13.1. The fraction of sp³-hybridized carbons (Fsp3) is 0.667. The molecule has 0 radical (unpaired) electrons. The van der Waals surface area contributed by atoms with Crippen LogP contribution < -0.4 is 5.73 Å². The van der Waals surface area contributed by atoms with Crippen molar-refractivity contribution in [1.29, 1.82) is 0 Å². The van der Waals surface area contributed by atoms with Crippen LogP contribution in [0.4, 0.5) is 13.2 Å². The zero-order valence-electron chi connectivity index (χ0n) is 10.4. The summed E-state index contributed by atoms with van der Waals surface area (Å²) in [6.45, 7) is 3.67. The molecule has 2 nitrogen and oxygen atoms in total. The summed E-state index contributed by atoms with van der Waals surface area (Å²) >= 11 is 1.62. The Hall–Kier alpha value is -0.590. The number of thiophene rings is 1. The molecule has 2 rings (SSSR count). The number of hydrogen-bond donors (Lipinski definition) is 1. The molecule has 0 saturated carbocycles. The maximum atomic E-state index is 13.1. The molecule has 0 amide bonds. The van der Waals surface area contributed by atoms with Gasteiger partial charge in [0.2, 0.25) is 0 Å². The Kier molecular flexibility index (Phi) is 3.71. The summed E-state index contributed by atoms with van der Waals surface area (Å²) in [5, 5.41) is 1.94. The third-order valence-electron chi connectivity index (χ3n) is 3.52. The van der Waals surface area contributed by atoms with Crippen molar-refractivity contribution in [1.82, 2.24) is 4.90 Å². The van der Waals surface area contributed by atoms with E-state index < -0.39 is 18.3 Å². The van der Waals surface area contributed by atoms with E-state index in [4.69, 9.17) is 5.73 Å². The molecule has 0 fully saturated rings. The Balaban J connectivity index is 2.29. The van der Waals surface area contributed by atoms with E-state index in [1.54, 1.807) is 11.3 Å². The van der Waals surface area contributed by atoms with Gasteiger partial charge in [-0.25, -0.2) is 0 Å². The lowest BCUT2D eigenvalue weighted by Crippen LogP contribution is -2.57. The van der Waals surface area contributed by atoms with Crippen LogP contribution >= 0.6 is 11.3 Å². The minimum atomic E-state index is -4.28. The highest BCUT2D eigenvalue weighted by Gasteiger charge is 2.48. The van der Waals surface area contributed by atoms with Gasteiger partial charge >= 0.3 is 6.18 Å². The van der Waals surface area contributed by atoms with Crippen LogP contribution in [0.2, 0.25) is 0 Å². The zero-order chi connectivity index (χ0) is 13.5. The van der Waals surface area contributed by atoms with Crippen molar-refractivity contribution in [2.75, 3.05) is 6.54 Å². The van der Waals surface area contributed by atoms with Crippen LogP contribution in [-0.4, -0.2) is 29.7 Å². The average Bonchev–Trinajstić information content (AvgIpc) is 2.68. The fourth-order valence-electron chi connectivity index (χ4n) is 2.70. The van der Waals surface area contributed by atoms with Crippen LogP contribution in [0.25, 0.3) is 0 Å². The SMILES string of the molecule is CC(N)C(N1CCc2sccc2C1C)C(F)(F)F. The van der Waals surface area contributed by atoms with E-state index in [1.807, 2.05) is 18.4 Å². The molecule has 0 bridgehead atoms. The molecular weight excluding hydrogens is 261 g/mol. The monoisotopic (exact) mass is 278 g/mol. The molecule has 0 aromatic carbocycles. The number of fused-ring (bicyclic) bond motifs is 1. The summed E-state index contributed by atoms with van der Waals surface area (Å²) in [4.78, 5) is 2.68. The summed E-state index contributed by atoms with van der Waals surface area (Å²) in [5.41, 5.74) is 6.57. The van der Waals surface area contributed by atoms with E-state index in [-0.39, 0.29) is 6.04 Å². The summed E-state index contributed by atoms with van der Waals surface area (Å²) in [7, 11) is 0. The van der Waals surface area contributed by atoms with E-state index in [2.05, 4.69) is 0 Å². The van der Waals surface area contributed by atoms with Gasteiger partial charge in [0, 0.05) is 23.5 Å². The zero-order valence-corrected chi connectivity index (χ0v) is 11.2. The molecule has 1 aliphatic heterocycles. The Morgan fingerprint density at radius 3 is 2.72 bits per heavy atom. The van der Waals surface area contributed by atoms with Crippen molar-refractivity contribution in [2.45, 2.75) is 44.6 Å². The second-order valence-corrected chi connectivity index (χ2v) is 5.81. The van der Waals surface area contributed by atoms with Crippen LogP contribution in [0.5, 0.6) is 0 Å². The first-order valence-corrected chi connectivity index (χ1v) is 6.84. The van der Waals surface area contributed by atoms with Crippen molar-refractivity contribution in [3.8, 4) is 0 Å². The number of hydrogen-bond acceptors (Lipinski definition) is 3. The molecule has 18 heavy (non-hydrogen) atoms. The molecule has 3 unspecified atom stereocenters. The molecule has 6 heteroatoms. The number of rotatable bonds is 2. The molecule has 1 aromatic heterocycles. The number of nitrogens with zero attached hydrogens (tertiary/aromatic N) is 1. The first kappa shape index (κ1) is 13.8. The Morgan fingerprint density at radius 1 is 1.50 bits per heavy atom. The van der Waals surface area contributed by atoms with Gasteiger partial charge in [-0.15, -0.1) is 11.3 Å². The van der Waals surface area contributed by atoms with Gasteiger partial charge in [-0.3, -0.25) is 4.90 Å². The highest BCUT2D eigenvalue weighted by Crippen LogP contribution is 2.38. The smallest absolute Gasteiger partial charge is 0.326 e. The molecule has 0 spiro atoms. The maximum Gasteiger partial charge on any atom is 0.405 e. The topological polar surface area (TPSA) is 29.3 Å². The van der Waals surface area contributed by atoms with E-state index in [0.717, 1.165) is 5.56 Å². The summed E-state index contributed by atoms with van der Waals surface area (Å²) in [6.07, 6.45) is -3.60. The lowest BCUT2D eigenvalue weighted by Gasteiger charge is -2.41. The molecule has 2 heterocycles. The largest absolute Gasteiger partial charge is 0.405 e. The lowest BCUT2D eigenvalue weighted by atomic mass is 9.96. The second-order valence-electron chi connectivity index (χ2n) is 4.81. The Labute approximate surface area is 109 Å². The molecular formula is C12H17F3N2S. The quantitative estimate of drug-likeness (QED) is 0.901. The molecule has 3 atom stereocenters. The van der Waals surface area contributed by atoms with Crippen molar-refractivity contribution < 1.29 is 13.2 Å². The van der Waals surface area contributed by atoms with Gasteiger partial charge in [-0.05, 0) is 37.3 Å². The predicted octanol–water partition coefficient (Wildman–Crippen LogP) is 2.95. The number of halogens is 3. The third kappa shape index (κ3) is 2.41. The normalized spacial score (nSPS) is 24.7. The van der Waals surface area contributed by atoms with Gasteiger partial charge in [0.1, 0.15) is 6.04 Å². The first-order valence-electron chi connectivity index (χ1n) is 5.96. The Bertz CT molecular complexity index is 414. The summed E-state index contributed by atoms with van der Waals surface area (Å²) in [5.74, 6) is 0. The molecule has 2 N–H and O–H groups in total. The van der Waals surface area contributed by atoms with Crippen molar-refractivity contribution in [2.24, 2.45) is 5.73 Å². The van der Waals surface area contributed by atoms with E-state index in [1.165, 1.54) is 16.7 Å². The second kappa shape index (κ2) is 4.83. The number of nitrogens with two attached hydrogens (primary N) is 1. The summed E-state index contributed by atoms with van der Waals surface area (Å²) in [6, 6.07) is -0.795. The average molecular weight is 278 g/mol. The summed E-state index contributed by atoms with van der Waals surface area (Å²) < 4.78 is 39.3. The first-order chi connectivity index (χ1) is 8.32. The van der Waals surface area contributed by atoms with Gasteiger partial charge in [0.25, 0.3) is 0 Å². The number of alkyl halides is 3. The minimum Gasteiger partial charge on any atom is -0.326 e. The van der Waals surface area contributed by atoms with Crippen molar-refractivity contribution >= 4 is 11.3 Å². The predicted molar refractivity (Wildman–Crippen MR) is 66.6 cm³/mol. The third-order valence-corrected chi connectivity index (χ3v) is 4.51. The van der Waals surface area contributed by atoms with Crippen LogP contribution in [0.3, 0.4) is 0 Å². The molecule has 1 aromatic rings. The molecule has 0 saturated heterocycles. The van der Waals surface area contributed by atoms with E-state index in [9.17, 15) is 13.2 Å². The minimum absolute atomic E-state index is 0.224. The standard InChI is InChI=1S/C12H17F3N2S/c1-7(16)11(12(13,14)15)17-5-3-10-9(8(17)2)4-6-18-10/h4,6-8,11H,3,5,16H2,1-2H3. The lowest BCUT2D eigenvalue weighted by molar-refractivity contribution is -0.194. The molecule has 0 aliphatic carbocycles. The van der Waals surface area contributed by atoms with Crippen LogP contribution in [0.15, 0.2) is 11.4 Å². The van der Waals surface area contributed by atoms with E-state index >= 15 is 0 Å². The van der Waals surface area contributed by atoms with Crippen LogP contribution in [-0.2, 0) is 6.42 Å².